The summed E-state index contributed by atoms with van der Waals surface area (Å²) in [6.45, 7) is 18.9. The maximum Gasteiger partial charge on any atom is 0.230 e. The lowest BCUT2D eigenvalue weighted by molar-refractivity contribution is -0.298. The highest BCUT2D eigenvalue weighted by atomic mass is 16.7. The van der Waals surface area contributed by atoms with Crippen molar-refractivity contribution < 1.29 is 9.94 Å². The molecular formula is C24H46N6O2. The summed E-state index contributed by atoms with van der Waals surface area (Å²) >= 11 is 0. The van der Waals surface area contributed by atoms with E-state index in [1.165, 1.54) is 0 Å². The van der Waals surface area contributed by atoms with Crippen LogP contribution in [-0.4, -0.2) is 67.5 Å². The van der Waals surface area contributed by atoms with Gasteiger partial charge in [0.2, 0.25) is 11.9 Å². The van der Waals surface area contributed by atoms with Crippen LogP contribution < -0.4 is 10.2 Å². The molecule has 32 heavy (non-hydrogen) atoms. The second kappa shape index (κ2) is 11.1. The molecule has 184 valence electrons. The minimum atomic E-state index is -0.873. The van der Waals surface area contributed by atoms with Crippen molar-refractivity contribution >= 4 is 11.9 Å². The summed E-state index contributed by atoms with van der Waals surface area (Å²) in [5.41, 5.74) is -1.29. The third kappa shape index (κ3) is 7.52. The van der Waals surface area contributed by atoms with Gasteiger partial charge in [-0.25, -0.2) is 9.97 Å². The van der Waals surface area contributed by atoms with E-state index in [1.807, 2.05) is 0 Å². The van der Waals surface area contributed by atoms with E-state index in [0.29, 0.717) is 5.95 Å². The third-order valence-electron chi connectivity index (χ3n) is 5.94. The average molecular weight is 451 g/mol. The Morgan fingerprint density at radius 3 is 2.31 bits per heavy atom. The number of hydrogen-bond donors (Lipinski definition) is 2. The Kier molecular flexibility index (Phi) is 9.25. The Morgan fingerprint density at radius 1 is 1.12 bits per heavy atom. The van der Waals surface area contributed by atoms with Crippen LogP contribution >= 0.6 is 0 Å². The fraction of sp³-hybridized carbons (Fsp3) is 0.875. The van der Waals surface area contributed by atoms with Crippen molar-refractivity contribution in [3.63, 3.8) is 0 Å². The zero-order chi connectivity index (χ0) is 24.0. The van der Waals surface area contributed by atoms with Gasteiger partial charge < -0.3 is 15.3 Å². The standard InChI is InChI=1S/C24H46N6O2/c1-9-11-13-25-20-26-18-27-21(28-20)29(14-12-10-2)19-15-22(3,4)30(23(5,6)16-19)32-17-24(7,8)31/h18-19,31H,9-17H2,1-8H3,(H,25,26,27,28). The second-order valence-corrected chi connectivity index (χ2v) is 11.0. The molecule has 0 atom stereocenters. The summed E-state index contributed by atoms with van der Waals surface area (Å²) in [6.07, 6.45) is 7.86. The fourth-order valence-corrected chi connectivity index (χ4v) is 4.67. The highest BCUT2D eigenvalue weighted by molar-refractivity contribution is 5.37. The molecule has 0 amide bonds. The number of nitrogens with one attached hydrogen (secondary N) is 1. The number of anilines is 2. The minimum absolute atomic E-state index is 0.211. The van der Waals surface area contributed by atoms with Gasteiger partial charge in [-0.05, 0) is 67.2 Å². The van der Waals surface area contributed by atoms with Crippen LogP contribution in [0, 0.1) is 0 Å². The Balaban J connectivity index is 2.26. The van der Waals surface area contributed by atoms with Crippen LogP contribution in [0.25, 0.3) is 0 Å². The molecule has 8 nitrogen and oxygen atoms in total. The number of rotatable bonds is 12. The van der Waals surface area contributed by atoms with E-state index in [2.05, 4.69) is 66.8 Å². The third-order valence-corrected chi connectivity index (χ3v) is 5.94. The molecule has 0 bridgehead atoms. The molecule has 0 aliphatic carbocycles. The van der Waals surface area contributed by atoms with E-state index in [4.69, 9.17) is 9.82 Å². The van der Waals surface area contributed by atoms with E-state index in [-0.39, 0.29) is 23.7 Å². The molecule has 1 aromatic heterocycles. The van der Waals surface area contributed by atoms with E-state index in [1.54, 1.807) is 20.2 Å². The van der Waals surface area contributed by atoms with Crippen LogP contribution in [0.15, 0.2) is 6.33 Å². The quantitative estimate of drug-likeness (QED) is 0.453. The first-order valence-corrected chi connectivity index (χ1v) is 12.2. The summed E-state index contributed by atoms with van der Waals surface area (Å²) in [7, 11) is 0. The fourth-order valence-electron chi connectivity index (χ4n) is 4.67. The van der Waals surface area contributed by atoms with Crippen LogP contribution in [-0.2, 0) is 4.84 Å². The molecule has 2 rings (SSSR count). The zero-order valence-corrected chi connectivity index (χ0v) is 21.6. The largest absolute Gasteiger partial charge is 0.388 e. The maximum atomic E-state index is 10.2. The SMILES string of the molecule is CCCCNc1ncnc(N(CCCC)C2CC(C)(C)N(OCC(C)(C)O)C(C)(C)C2)n1. The molecule has 0 saturated carbocycles. The Morgan fingerprint density at radius 2 is 1.75 bits per heavy atom. The smallest absolute Gasteiger partial charge is 0.230 e. The van der Waals surface area contributed by atoms with Crippen LogP contribution in [0.2, 0.25) is 0 Å². The van der Waals surface area contributed by atoms with Gasteiger partial charge in [-0.2, -0.15) is 10.0 Å². The van der Waals surface area contributed by atoms with Crippen molar-refractivity contribution in [3.05, 3.63) is 6.33 Å². The summed E-state index contributed by atoms with van der Waals surface area (Å²) in [4.78, 5) is 22.2. The number of aromatic nitrogens is 3. The Hall–Kier alpha value is -1.51. The van der Waals surface area contributed by atoms with Gasteiger partial charge >= 0.3 is 0 Å². The molecule has 0 unspecified atom stereocenters. The van der Waals surface area contributed by atoms with Gasteiger partial charge in [-0.15, -0.1) is 0 Å². The lowest BCUT2D eigenvalue weighted by Crippen LogP contribution is -2.64. The van der Waals surface area contributed by atoms with Gasteiger partial charge in [-0.3, -0.25) is 4.84 Å². The van der Waals surface area contributed by atoms with E-state index < -0.39 is 5.60 Å². The lowest BCUT2D eigenvalue weighted by Gasteiger charge is -2.56. The number of hydroxylamine groups is 2. The maximum absolute atomic E-state index is 10.2. The molecule has 1 fully saturated rings. The Labute approximate surface area is 195 Å². The molecule has 1 aliphatic heterocycles. The summed E-state index contributed by atoms with van der Waals surface area (Å²) in [5.74, 6) is 1.39. The van der Waals surface area contributed by atoms with Crippen molar-refractivity contribution in [1.29, 1.82) is 0 Å². The molecule has 8 heteroatoms. The van der Waals surface area contributed by atoms with Crippen molar-refractivity contribution in [2.75, 3.05) is 29.9 Å². The lowest BCUT2D eigenvalue weighted by atomic mass is 9.78. The van der Waals surface area contributed by atoms with E-state index in [0.717, 1.165) is 57.6 Å². The summed E-state index contributed by atoms with van der Waals surface area (Å²) < 4.78 is 0. The predicted octanol–water partition coefficient (Wildman–Crippen LogP) is 4.41. The molecule has 0 aromatic carbocycles. The van der Waals surface area contributed by atoms with Crippen molar-refractivity contribution in [1.82, 2.24) is 20.0 Å². The molecule has 0 radical (unpaired) electrons. The summed E-state index contributed by atoms with van der Waals surface area (Å²) in [5, 5.41) is 15.6. The van der Waals surface area contributed by atoms with Gasteiger partial charge in [-0.1, -0.05) is 26.7 Å². The first kappa shape index (κ1) is 26.7. The zero-order valence-electron chi connectivity index (χ0n) is 21.6. The first-order chi connectivity index (χ1) is 14.9. The van der Waals surface area contributed by atoms with E-state index >= 15 is 0 Å². The number of nitrogens with zero attached hydrogens (tertiary/aromatic N) is 5. The van der Waals surface area contributed by atoms with Crippen LogP contribution in [0.4, 0.5) is 11.9 Å². The minimum Gasteiger partial charge on any atom is -0.388 e. The van der Waals surface area contributed by atoms with Gasteiger partial charge in [0.15, 0.2) is 0 Å². The van der Waals surface area contributed by atoms with Gasteiger partial charge in [0.1, 0.15) is 6.33 Å². The van der Waals surface area contributed by atoms with Crippen molar-refractivity contribution in [3.8, 4) is 0 Å². The van der Waals surface area contributed by atoms with Crippen LogP contribution in [0.1, 0.15) is 93.9 Å². The van der Waals surface area contributed by atoms with Crippen LogP contribution in [0.3, 0.4) is 0 Å². The topological polar surface area (TPSA) is 86.6 Å². The second-order valence-electron chi connectivity index (χ2n) is 11.0. The number of aliphatic hydroxyl groups is 1. The highest BCUT2D eigenvalue weighted by Gasteiger charge is 2.48. The normalized spacial score (nSPS) is 19.2. The molecule has 1 aromatic rings. The number of piperidine rings is 1. The number of unbranched alkanes of at least 4 members (excludes halogenated alkanes) is 2. The van der Waals surface area contributed by atoms with Gasteiger partial charge in [0.25, 0.3) is 0 Å². The predicted molar refractivity (Wildman–Crippen MR) is 131 cm³/mol. The molecular weight excluding hydrogens is 404 g/mol. The van der Waals surface area contributed by atoms with E-state index in [9.17, 15) is 5.11 Å². The monoisotopic (exact) mass is 450 g/mol. The number of hydrogen-bond acceptors (Lipinski definition) is 8. The highest BCUT2D eigenvalue weighted by Crippen LogP contribution is 2.41. The molecule has 1 aliphatic rings. The Bertz CT molecular complexity index is 686. The average Bonchev–Trinajstić information content (AvgIpc) is 2.66. The first-order valence-electron chi connectivity index (χ1n) is 12.2. The summed E-state index contributed by atoms with van der Waals surface area (Å²) in [6, 6.07) is 0.277. The molecule has 1 saturated heterocycles. The van der Waals surface area contributed by atoms with Crippen LogP contribution in [0.5, 0.6) is 0 Å². The van der Waals surface area contributed by atoms with Crippen molar-refractivity contribution in [2.45, 2.75) is 117 Å². The molecule has 2 heterocycles. The molecule has 0 spiro atoms. The van der Waals surface area contributed by atoms with Gasteiger partial charge in [0, 0.05) is 30.2 Å². The molecule has 2 N–H and O–H groups in total. The van der Waals surface area contributed by atoms with Crippen molar-refractivity contribution in [2.24, 2.45) is 0 Å². The van der Waals surface area contributed by atoms with Gasteiger partial charge in [0.05, 0.1) is 12.2 Å².